The summed E-state index contributed by atoms with van der Waals surface area (Å²) in [6.45, 7) is 6.81. The first-order valence-corrected chi connectivity index (χ1v) is 28.9. The molecule has 0 spiro atoms. The van der Waals surface area contributed by atoms with Crippen molar-refractivity contribution < 1.29 is 37.3 Å². The summed E-state index contributed by atoms with van der Waals surface area (Å²) < 4.78 is 30.5. The van der Waals surface area contributed by atoms with Crippen LogP contribution < -0.4 is 5.32 Å². The van der Waals surface area contributed by atoms with Gasteiger partial charge in [-0.2, -0.15) is 0 Å². The van der Waals surface area contributed by atoms with Crippen molar-refractivity contribution in [1.82, 2.24) is 5.32 Å². The van der Waals surface area contributed by atoms with Gasteiger partial charge in [-0.1, -0.05) is 196 Å². The van der Waals surface area contributed by atoms with E-state index in [1.54, 1.807) is 0 Å². The molecule has 0 aromatic heterocycles. The number of nitrogens with zero attached hydrogens (tertiary/aromatic N) is 1. The van der Waals surface area contributed by atoms with E-state index in [0.717, 1.165) is 89.9 Å². The first kappa shape index (κ1) is 65.2. The Hall–Kier alpha value is -2.81. The lowest BCUT2D eigenvalue weighted by Gasteiger charge is -2.27. The number of unbranched alkanes of at least 4 members (excludes halogenated alkanes) is 20. The minimum Gasteiger partial charge on any atom is -0.456 e. The van der Waals surface area contributed by atoms with E-state index in [-0.39, 0.29) is 31.5 Å². The average molecular weight is 972 g/mol. The summed E-state index contributed by atoms with van der Waals surface area (Å²) in [7, 11) is 1.45. The van der Waals surface area contributed by atoms with Crippen LogP contribution in [0.25, 0.3) is 0 Å². The van der Waals surface area contributed by atoms with Crippen LogP contribution in [0.4, 0.5) is 0 Å². The monoisotopic (exact) mass is 972 g/mol. The lowest BCUT2D eigenvalue weighted by molar-refractivity contribution is -0.870. The number of esters is 1. The number of quaternary nitrogens is 1. The second kappa shape index (κ2) is 47.8. The molecule has 0 radical (unpaired) electrons. The SMILES string of the molecule is CC/C=C/C/C=C/CCCCCCCCCC(=O)NC(COP(=O)(O)OCC[N+](C)(C)C)C(/C=C/CCCCCCCCCCC)OC(=O)CCC/C=C\C/C=C\C/C=C\C/C=C\CCCCC. The van der Waals surface area contributed by atoms with Crippen molar-refractivity contribution in [3.8, 4) is 0 Å². The molecule has 392 valence electrons. The van der Waals surface area contributed by atoms with Gasteiger partial charge in [0, 0.05) is 12.8 Å². The number of allylic oxidation sites excluding steroid dienone is 13. The summed E-state index contributed by atoms with van der Waals surface area (Å²) in [5, 5.41) is 3.02. The first-order valence-electron chi connectivity index (χ1n) is 27.4. The van der Waals surface area contributed by atoms with Crippen LogP contribution in [-0.4, -0.2) is 74.3 Å². The predicted molar refractivity (Wildman–Crippen MR) is 291 cm³/mol. The third-order valence-electron chi connectivity index (χ3n) is 11.6. The first-order chi connectivity index (χ1) is 32.9. The summed E-state index contributed by atoms with van der Waals surface area (Å²) in [5.74, 6) is -0.587. The third-order valence-corrected chi connectivity index (χ3v) is 12.6. The van der Waals surface area contributed by atoms with Gasteiger partial charge in [-0.3, -0.25) is 18.6 Å². The number of ether oxygens (including phenoxy) is 1. The molecule has 0 aliphatic carbocycles. The average Bonchev–Trinajstić information content (AvgIpc) is 3.29. The van der Waals surface area contributed by atoms with Crippen LogP contribution in [0.15, 0.2) is 85.1 Å². The highest BCUT2D eigenvalue weighted by molar-refractivity contribution is 7.47. The smallest absolute Gasteiger partial charge is 0.456 e. The van der Waals surface area contributed by atoms with Gasteiger partial charge < -0.3 is 19.4 Å². The van der Waals surface area contributed by atoms with Crippen LogP contribution in [0.2, 0.25) is 0 Å². The number of phosphoric ester groups is 1. The van der Waals surface area contributed by atoms with Gasteiger partial charge in [0.15, 0.2) is 0 Å². The van der Waals surface area contributed by atoms with Crippen LogP contribution in [-0.2, 0) is 27.9 Å². The van der Waals surface area contributed by atoms with E-state index in [2.05, 4.69) is 99.0 Å². The highest BCUT2D eigenvalue weighted by Gasteiger charge is 2.30. The van der Waals surface area contributed by atoms with E-state index >= 15 is 0 Å². The van der Waals surface area contributed by atoms with Crippen molar-refractivity contribution in [3.05, 3.63) is 85.1 Å². The molecule has 0 aromatic rings. The molecule has 0 fully saturated rings. The topological polar surface area (TPSA) is 111 Å². The number of carbonyl (C=O) groups is 2. The Kier molecular flexibility index (Phi) is 45.9. The second-order valence-corrected chi connectivity index (χ2v) is 20.8. The number of rotatable bonds is 48. The molecule has 0 aliphatic rings. The van der Waals surface area contributed by atoms with Crippen molar-refractivity contribution >= 4 is 19.7 Å². The highest BCUT2D eigenvalue weighted by Crippen LogP contribution is 2.43. The fourth-order valence-electron chi connectivity index (χ4n) is 7.32. The number of likely N-dealkylation sites (N-methyl/N-ethyl adjacent to an activating group) is 1. The maximum Gasteiger partial charge on any atom is 0.472 e. The number of phosphoric acid groups is 1. The van der Waals surface area contributed by atoms with Crippen molar-refractivity contribution in [3.63, 3.8) is 0 Å². The molecule has 0 bridgehead atoms. The van der Waals surface area contributed by atoms with Crippen molar-refractivity contribution in [2.75, 3.05) is 40.9 Å². The third kappa shape index (κ3) is 48.2. The zero-order valence-corrected chi connectivity index (χ0v) is 45.5. The summed E-state index contributed by atoms with van der Waals surface area (Å²) in [6, 6.07) is -0.876. The quantitative estimate of drug-likeness (QED) is 0.0205. The second-order valence-electron chi connectivity index (χ2n) is 19.4. The Morgan fingerprint density at radius 1 is 0.529 bits per heavy atom. The summed E-state index contributed by atoms with van der Waals surface area (Å²) in [4.78, 5) is 37.5. The number of nitrogens with one attached hydrogen (secondary N) is 1. The molecule has 2 N–H and O–H groups in total. The number of carbonyl (C=O) groups excluding carboxylic acids is 2. The van der Waals surface area contributed by atoms with E-state index in [4.69, 9.17) is 13.8 Å². The molecule has 3 unspecified atom stereocenters. The minimum atomic E-state index is -4.46. The van der Waals surface area contributed by atoms with Gasteiger partial charge in [0.25, 0.3) is 0 Å². The summed E-state index contributed by atoms with van der Waals surface area (Å²) in [5.41, 5.74) is 0. The van der Waals surface area contributed by atoms with Gasteiger partial charge in [0.1, 0.15) is 19.3 Å². The molecular weight excluding hydrogens is 868 g/mol. The Bertz CT molecular complexity index is 1440. The van der Waals surface area contributed by atoms with Crippen LogP contribution >= 0.6 is 7.82 Å². The van der Waals surface area contributed by atoms with Gasteiger partial charge in [0.2, 0.25) is 5.91 Å². The Morgan fingerprint density at radius 3 is 1.47 bits per heavy atom. The number of amides is 1. The van der Waals surface area contributed by atoms with Crippen molar-refractivity contribution in [2.24, 2.45) is 0 Å². The van der Waals surface area contributed by atoms with Crippen LogP contribution in [0, 0.1) is 0 Å². The van der Waals surface area contributed by atoms with Gasteiger partial charge in [-0.15, -0.1) is 0 Å². The highest BCUT2D eigenvalue weighted by atomic mass is 31.2. The Labute approximate surface area is 418 Å². The van der Waals surface area contributed by atoms with E-state index in [0.29, 0.717) is 23.9 Å². The maximum atomic E-state index is 13.4. The molecule has 0 aromatic carbocycles. The van der Waals surface area contributed by atoms with E-state index in [1.165, 1.54) is 89.9 Å². The molecule has 9 nitrogen and oxygen atoms in total. The zero-order chi connectivity index (χ0) is 50.1. The predicted octanol–water partition coefficient (Wildman–Crippen LogP) is 16.3. The Morgan fingerprint density at radius 2 is 0.956 bits per heavy atom. The molecule has 68 heavy (non-hydrogen) atoms. The molecule has 3 atom stereocenters. The van der Waals surface area contributed by atoms with E-state index in [9.17, 15) is 19.0 Å². The summed E-state index contributed by atoms with van der Waals surface area (Å²) >= 11 is 0. The minimum absolute atomic E-state index is 0.0266. The zero-order valence-electron chi connectivity index (χ0n) is 44.6. The van der Waals surface area contributed by atoms with E-state index in [1.807, 2.05) is 33.3 Å². The molecule has 0 rings (SSSR count). The van der Waals surface area contributed by atoms with E-state index < -0.39 is 20.0 Å². The number of hydrogen-bond donors (Lipinski definition) is 2. The van der Waals surface area contributed by atoms with Gasteiger partial charge in [0.05, 0.1) is 33.8 Å². The number of hydrogen-bond acceptors (Lipinski definition) is 6. The molecule has 0 aliphatic heterocycles. The summed E-state index contributed by atoms with van der Waals surface area (Å²) in [6.07, 6.45) is 61.6. The van der Waals surface area contributed by atoms with Crippen LogP contribution in [0.3, 0.4) is 0 Å². The molecule has 0 saturated carbocycles. The largest absolute Gasteiger partial charge is 0.472 e. The van der Waals surface area contributed by atoms with Gasteiger partial charge in [-0.05, 0) is 96.0 Å². The molecule has 0 heterocycles. The van der Waals surface area contributed by atoms with Crippen LogP contribution in [0.5, 0.6) is 0 Å². The molecular formula is C58H104N2O7P+. The van der Waals surface area contributed by atoms with Gasteiger partial charge >= 0.3 is 13.8 Å². The molecule has 10 heteroatoms. The Balaban J connectivity index is 5.47. The van der Waals surface area contributed by atoms with Crippen LogP contribution in [0.1, 0.15) is 220 Å². The lowest BCUT2D eigenvalue weighted by Crippen LogP contribution is -2.47. The fraction of sp³-hybridized carbons (Fsp3) is 0.724. The maximum absolute atomic E-state index is 13.4. The van der Waals surface area contributed by atoms with Gasteiger partial charge in [-0.25, -0.2) is 4.57 Å². The lowest BCUT2D eigenvalue weighted by atomic mass is 10.1. The standard InChI is InChI=1S/C58H103N2O7P/c1-7-10-13-16-19-22-25-27-29-30-31-33-36-39-42-45-48-51-58(62)67-56(49-46-43-40-37-34-24-21-18-15-12-9-3)55(54-66-68(63,64)65-53-52-60(4,5)6)59-57(61)50-47-44-41-38-35-32-28-26-23-20-17-14-11-8-2/h11,14,19-20,22-23,27,29,31,33,39,42,46,49,55-56H,7-10,12-13,15-18,21,24-26,28,30,32,34-38,40-41,43-45,47-48,50-54H2,1-6H3,(H-,59,61,63,64)/p+1/b14-11+,22-19-,23-20+,29-27-,33-31-,42-39-,49-46+. The van der Waals surface area contributed by atoms with Crippen molar-refractivity contribution in [1.29, 1.82) is 0 Å². The fourth-order valence-corrected chi connectivity index (χ4v) is 8.06. The molecule has 0 saturated heterocycles. The molecule has 1 amide bonds. The van der Waals surface area contributed by atoms with Crippen molar-refractivity contribution in [2.45, 2.75) is 232 Å². The normalized spacial score (nSPS) is 14.5.